The molecule has 0 aliphatic rings. The largest absolute Gasteiger partial charge is 0.497 e. The van der Waals surface area contributed by atoms with E-state index in [-0.39, 0.29) is 47.1 Å². The minimum Gasteiger partial charge on any atom is -0.497 e. The van der Waals surface area contributed by atoms with E-state index in [9.17, 15) is 9.59 Å². The third kappa shape index (κ3) is 16.0. The molecule has 47 heavy (non-hydrogen) atoms. The number of ether oxygens (including phenoxy) is 4. The number of rotatable bonds is 7. The normalized spacial score (nSPS) is 8.98. The van der Waals surface area contributed by atoms with Gasteiger partial charge in [0, 0.05) is 19.3 Å². The molecule has 0 radical (unpaired) electrons. The number of esters is 2. The molecule has 0 amide bonds. The second-order valence-corrected chi connectivity index (χ2v) is 9.32. The fraction of sp³-hybridized carbons (Fsp3) is 0.366. The summed E-state index contributed by atoms with van der Waals surface area (Å²) in [7, 11) is 3.30. The summed E-state index contributed by atoms with van der Waals surface area (Å²) in [6, 6.07) is 30.9. The highest BCUT2D eigenvalue weighted by Gasteiger charge is 2.23. The number of carbonyl (C=O) groups is 2. The molecule has 0 heterocycles. The summed E-state index contributed by atoms with van der Waals surface area (Å²) >= 11 is 0. The van der Waals surface area contributed by atoms with Crippen LogP contribution in [0, 0.1) is 0 Å². The molecular weight excluding hydrogens is 588 g/mol. The molecule has 4 rings (SSSR count). The predicted octanol–water partition coefficient (Wildman–Crippen LogP) is 11.8. The molecule has 0 spiro atoms. The van der Waals surface area contributed by atoms with Crippen LogP contribution in [0.2, 0.25) is 0 Å². The van der Waals surface area contributed by atoms with Gasteiger partial charge < -0.3 is 18.9 Å². The number of benzene rings is 4. The van der Waals surface area contributed by atoms with Crippen molar-refractivity contribution >= 4 is 11.9 Å². The van der Waals surface area contributed by atoms with Crippen LogP contribution in [-0.4, -0.2) is 26.2 Å². The van der Waals surface area contributed by atoms with Crippen molar-refractivity contribution in [2.75, 3.05) is 14.2 Å². The quantitative estimate of drug-likeness (QED) is 0.146. The molecule has 0 bridgehead atoms. The lowest BCUT2D eigenvalue weighted by molar-refractivity contribution is -0.132. The fourth-order valence-electron chi connectivity index (χ4n) is 3.94. The van der Waals surface area contributed by atoms with Crippen molar-refractivity contribution in [1.82, 2.24) is 0 Å². The summed E-state index contributed by atoms with van der Waals surface area (Å²) in [5.41, 5.74) is 4.37. The SMILES string of the molecule is C.C.C.C.CC.CC.COc1ccc(-c2ccc(OC(C)=O)cc2)cc1.COc1ccc(C(C)(C)c2ccc(OC(C)=O)cc2)cc1. The van der Waals surface area contributed by atoms with Crippen LogP contribution >= 0.6 is 0 Å². The molecule has 0 fully saturated rings. The summed E-state index contributed by atoms with van der Waals surface area (Å²) in [6.07, 6.45) is 0. The van der Waals surface area contributed by atoms with Gasteiger partial charge in [-0.1, -0.05) is 120 Å². The van der Waals surface area contributed by atoms with E-state index in [2.05, 4.69) is 26.0 Å². The lowest BCUT2D eigenvalue weighted by Crippen LogP contribution is -2.18. The Bertz CT molecular complexity index is 1360. The topological polar surface area (TPSA) is 71.1 Å². The number of hydrogen-bond donors (Lipinski definition) is 0. The minimum atomic E-state index is -0.313. The summed E-state index contributed by atoms with van der Waals surface area (Å²) in [5.74, 6) is 2.18. The number of methoxy groups -OCH3 is 2. The molecular formula is C41H62O6. The maximum atomic E-state index is 10.9. The van der Waals surface area contributed by atoms with Crippen molar-refractivity contribution in [3.05, 3.63) is 108 Å². The summed E-state index contributed by atoms with van der Waals surface area (Å²) in [5, 5.41) is 0. The van der Waals surface area contributed by atoms with Crippen LogP contribution in [0.3, 0.4) is 0 Å². The van der Waals surface area contributed by atoms with Gasteiger partial charge >= 0.3 is 11.9 Å². The van der Waals surface area contributed by atoms with Crippen molar-refractivity contribution < 1.29 is 28.5 Å². The summed E-state index contributed by atoms with van der Waals surface area (Å²) in [6.45, 7) is 15.1. The lowest BCUT2D eigenvalue weighted by atomic mass is 9.78. The number of carbonyl (C=O) groups excluding carboxylic acids is 2. The molecule has 262 valence electrons. The number of hydrogen-bond acceptors (Lipinski definition) is 6. The van der Waals surface area contributed by atoms with E-state index < -0.39 is 0 Å². The van der Waals surface area contributed by atoms with Crippen molar-refractivity contribution in [1.29, 1.82) is 0 Å². The second kappa shape index (κ2) is 25.6. The third-order valence-electron chi connectivity index (χ3n) is 6.19. The van der Waals surface area contributed by atoms with E-state index in [1.807, 2.05) is 100 Å². The highest BCUT2D eigenvalue weighted by Crippen LogP contribution is 2.33. The van der Waals surface area contributed by atoms with Crippen molar-refractivity contribution in [3.63, 3.8) is 0 Å². The summed E-state index contributed by atoms with van der Waals surface area (Å²) < 4.78 is 20.3. The molecule has 0 aromatic heterocycles. The van der Waals surface area contributed by atoms with Crippen LogP contribution in [0.25, 0.3) is 11.1 Å². The van der Waals surface area contributed by atoms with Gasteiger partial charge in [0.25, 0.3) is 0 Å². The van der Waals surface area contributed by atoms with Crippen LogP contribution in [-0.2, 0) is 15.0 Å². The highest BCUT2D eigenvalue weighted by atomic mass is 16.5. The zero-order valence-electron chi connectivity index (χ0n) is 27.2. The zero-order chi connectivity index (χ0) is 32.4. The Balaban J connectivity index is -0.000000332. The first kappa shape index (κ1) is 49.3. The Labute approximate surface area is 287 Å². The molecule has 0 atom stereocenters. The van der Waals surface area contributed by atoms with Gasteiger partial charge in [0.05, 0.1) is 14.2 Å². The molecule has 6 heteroatoms. The van der Waals surface area contributed by atoms with Gasteiger partial charge in [-0.3, -0.25) is 9.59 Å². The fourth-order valence-corrected chi connectivity index (χ4v) is 3.94. The first-order chi connectivity index (χ1) is 20.6. The molecule has 6 nitrogen and oxygen atoms in total. The minimum absolute atomic E-state index is 0. The molecule has 0 aliphatic heterocycles. The van der Waals surface area contributed by atoms with E-state index in [1.54, 1.807) is 26.4 Å². The van der Waals surface area contributed by atoms with Crippen LogP contribution in [0.5, 0.6) is 23.0 Å². The van der Waals surface area contributed by atoms with Gasteiger partial charge in [0.1, 0.15) is 23.0 Å². The van der Waals surface area contributed by atoms with Gasteiger partial charge in [-0.25, -0.2) is 0 Å². The Morgan fingerprint density at radius 2 is 0.681 bits per heavy atom. The Kier molecular flexibility index (Phi) is 26.8. The predicted molar refractivity (Wildman–Crippen MR) is 202 cm³/mol. The molecule has 0 unspecified atom stereocenters. The van der Waals surface area contributed by atoms with Crippen LogP contribution in [0.1, 0.15) is 96.2 Å². The maximum Gasteiger partial charge on any atom is 0.308 e. The maximum absolute atomic E-state index is 10.9. The highest BCUT2D eigenvalue weighted by molar-refractivity contribution is 5.70. The van der Waals surface area contributed by atoms with Gasteiger partial charge in [-0.15, -0.1) is 0 Å². The van der Waals surface area contributed by atoms with Gasteiger partial charge in [-0.05, 0) is 70.8 Å². The monoisotopic (exact) mass is 650 g/mol. The molecule has 4 aromatic rings. The third-order valence-corrected chi connectivity index (χ3v) is 6.19. The van der Waals surface area contributed by atoms with Crippen LogP contribution < -0.4 is 18.9 Å². The average molecular weight is 651 g/mol. The molecule has 0 saturated carbocycles. The Morgan fingerprint density at radius 1 is 0.447 bits per heavy atom. The first-order valence-corrected chi connectivity index (χ1v) is 14.5. The van der Waals surface area contributed by atoms with E-state index in [0.29, 0.717) is 11.5 Å². The van der Waals surface area contributed by atoms with Crippen LogP contribution in [0.15, 0.2) is 97.1 Å². The van der Waals surface area contributed by atoms with Crippen LogP contribution in [0.4, 0.5) is 0 Å². The van der Waals surface area contributed by atoms with E-state index >= 15 is 0 Å². The smallest absolute Gasteiger partial charge is 0.308 e. The molecule has 0 aliphatic carbocycles. The van der Waals surface area contributed by atoms with E-state index in [1.165, 1.54) is 19.4 Å². The Morgan fingerprint density at radius 3 is 0.936 bits per heavy atom. The van der Waals surface area contributed by atoms with Crippen molar-refractivity contribution in [3.8, 4) is 34.1 Å². The zero-order valence-corrected chi connectivity index (χ0v) is 27.2. The average Bonchev–Trinajstić information content (AvgIpc) is 3.03. The Hall–Kier alpha value is -4.58. The van der Waals surface area contributed by atoms with Crippen molar-refractivity contribution in [2.24, 2.45) is 0 Å². The molecule has 0 N–H and O–H groups in total. The van der Waals surface area contributed by atoms with E-state index in [0.717, 1.165) is 28.2 Å². The van der Waals surface area contributed by atoms with Gasteiger partial charge in [-0.2, -0.15) is 0 Å². The molecule has 4 aromatic carbocycles. The first-order valence-electron chi connectivity index (χ1n) is 14.5. The summed E-state index contributed by atoms with van der Waals surface area (Å²) in [4.78, 5) is 21.7. The van der Waals surface area contributed by atoms with Gasteiger partial charge in [0.15, 0.2) is 0 Å². The van der Waals surface area contributed by atoms with Crippen molar-refractivity contribution in [2.45, 2.75) is 90.5 Å². The van der Waals surface area contributed by atoms with E-state index in [4.69, 9.17) is 18.9 Å². The lowest BCUT2D eigenvalue weighted by Gasteiger charge is -2.26. The second-order valence-electron chi connectivity index (χ2n) is 9.32. The standard InChI is InChI=1S/C18H20O3.C15H14O3.2C2H6.4CH4/c1-13(19)21-17-11-7-15(8-12-17)18(2,3)14-5-9-16(20-4)10-6-14;1-11(16)18-15-9-5-13(6-10-15)12-3-7-14(17-2)8-4-12;2*1-2;;;;/h5-12H,1-4H3;3-10H,1-2H3;2*1-2H3;4*1H4. The van der Waals surface area contributed by atoms with Gasteiger partial charge in [0.2, 0.25) is 0 Å². The molecule has 0 saturated heterocycles.